The van der Waals surface area contributed by atoms with Gasteiger partial charge in [-0.15, -0.1) is 0 Å². The molecule has 2 aromatic rings. The first-order chi connectivity index (χ1) is 10.9. The molecular formula is C14H20N6O2S. The molecule has 0 fully saturated rings. The largest absolute Gasteiger partial charge is 0.369 e. The summed E-state index contributed by atoms with van der Waals surface area (Å²) in [6, 6.07) is 4.89. The van der Waals surface area contributed by atoms with E-state index in [0.717, 1.165) is 5.82 Å². The minimum absolute atomic E-state index is 0.146. The molecule has 23 heavy (non-hydrogen) atoms. The van der Waals surface area contributed by atoms with Crippen molar-refractivity contribution >= 4 is 21.7 Å². The second-order valence-corrected chi connectivity index (χ2v) is 6.83. The van der Waals surface area contributed by atoms with Crippen molar-refractivity contribution in [1.82, 2.24) is 19.7 Å². The molecule has 9 heteroatoms. The minimum atomic E-state index is -3.54. The molecule has 0 aliphatic heterocycles. The number of pyridine rings is 1. The Morgan fingerprint density at radius 2 is 2.00 bits per heavy atom. The van der Waals surface area contributed by atoms with Crippen LogP contribution in [-0.2, 0) is 10.0 Å². The highest BCUT2D eigenvalue weighted by molar-refractivity contribution is 7.89. The predicted octanol–water partition coefficient (Wildman–Crippen LogP) is 0.636. The van der Waals surface area contributed by atoms with Crippen LogP contribution in [0.1, 0.15) is 5.82 Å². The van der Waals surface area contributed by atoms with Gasteiger partial charge in [0.15, 0.2) is 0 Å². The summed E-state index contributed by atoms with van der Waals surface area (Å²) >= 11 is 0. The third-order valence-electron chi connectivity index (χ3n) is 2.95. The highest BCUT2D eigenvalue weighted by atomic mass is 32.2. The quantitative estimate of drug-likeness (QED) is 0.716. The summed E-state index contributed by atoms with van der Waals surface area (Å²) in [6.45, 7) is 2.45. The van der Waals surface area contributed by atoms with Crippen molar-refractivity contribution in [2.24, 2.45) is 0 Å². The van der Waals surface area contributed by atoms with E-state index in [1.165, 1.54) is 18.5 Å². The van der Waals surface area contributed by atoms with E-state index in [4.69, 9.17) is 0 Å². The van der Waals surface area contributed by atoms with Crippen molar-refractivity contribution in [3.63, 3.8) is 0 Å². The smallest absolute Gasteiger partial charge is 0.242 e. The number of hydrogen-bond acceptors (Lipinski definition) is 7. The molecule has 0 spiro atoms. The van der Waals surface area contributed by atoms with Crippen LogP contribution in [0.15, 0.2) is 35.5 Å². The summed E-state index contributed by atoms with van der Waals surface area (Å²) in [5.41, 5.74) is 0. The summed E-state index contributed by atoms with van der Waals surface area (Å²) in [7, 11) is 0.255. The predicted molar refractivity (Wildman–Crippen MR) is 89.0 cm³/mol. The number of rotatable bonds is 7. The van der Waals surface area contributed by atoms with Crippen molar-refractivity contribution in [2.75, 3.05) is 37.4 Å². The molecule has 8 nitrogen and oxygen atoms in total. The first kappa shape index (κ1) is 17.1. The Kier molecular flexibility index (Phi) is 5.45. The molecule has 2 rings (SSSR count). The van der Waals surface area contributed by atoms with Gasteiger partial charge in [-0.3, -0.25) is 4.98 Å². The molecule has 0 aromatic carbocycles. The van der Waals surface area contributed by atoms with E-state index in [-0.39, 0.29) is 11.4 Å². The molecule has 0 amide bonds. The minimum Gasteiger partial charge on any atom is -0.369 e. The maximum atomic E-state index is 12.0. The summed E-state index contributed by atoms with van der Waals surface area (Å²) in [6.07, 6.45) is 2.84. The molecule has 0 atom stereocenters. The first-order valence-electron chi connectivity index (χ1n) is 7.05. The molecule has 0 bridgehead atoms. The van der Waals surface area contributed by atoms with Crippen LogP contribution in [0.2, 0.25) is 0 Å². The van der Waals surface area contributed by atoms with E-state index in [1.54, 1.807) is 6.07 Å². The monoisotopic (exact) mass is 336 g/mol. The van der Waals surface area contributed by atoms with Gasteiger partial charge in [0.1, 0.15) is 22.4 Å². The zero-order chi connectivity index (χ0) is 16.9. The van der Waals surface area contributed by atoms with Gasteiger partial charge in [-0.2, -0.15) is 0 Å². The second-order valence-electron chi connectivity index (χ2n) is 5.07. The summed E-state index contributed by atoms with van der Waals surface area (Å²) in [5.74, 6) is 2.09. The van der Waals surface area contributed by atoms with E-state index < -0.39 is 10.0 Å². The molecule has 0 saturated carbocycles. The Bertz CT molecular complexity index is 749. The molecule has 2 heterocycles. The number of sulfonamides is 1. The van der Waals surface area contributed by atoms with Crippen LogP contribution in [0.4, 0.5) is 11.6 Å². The first-order valence-corrected chi connectivity index (χ1v) is 8.53. The number of aromatic nitrogens is 3. The van der Waals surface area contributed by atoms with Gasteiger partial charge in [0.25, 0.3) is 0 Å². The Morgan fingerprint density at radius 1 is 1.22 bits per heavy atom. The van der Waals surface area contributed by atoms with Gasteiger partial charge in [-0.1, -0.05) is 0 Å². The van der Waals surface area contributed by atoms with Gasteiger partial charge in [-0.25, -0.2) is 23.1 Å². The van der Waals surface area contributed by atoms with Crippen LogP contribution in [-0.4, -0.2) is 50.6 Å². The molecule has 0 unspecified atom stereocenters. The van der Waals surface area contributed by atoms with E-state index in [9.17, 15) is 8.42 Å². The molecule has 0 aliphatic carbocycles. The van der Waals surface area contributed by atoms with E-state index >= 15 is 0 Å². The van der Waals surface area contributed by atoms with Crippen molar-refractivity contribution in [1.29, 1.82) is 0 Å². The molecule has 0 aliphatic rings. The van der Waals surface area contributed by atoms with Gasteiger partial charge in [0.05, 0.1) is 0 Å². The topological polar surface area (TPSA) is 100 Å². The number of nitrogens with one attached hydrogen (secondary N) is 2. The lowest BCUT2D eigenvalue weighted by Gasteiger charge is -2.14. The maximum absolute atomic E-state index is 12.0. The van der Waals surface area contributed by atoms with Crippen LogP contribution in [0.3, 0.4) is 0 Å². The van der Waals surface area contributed by atoms with E-state index in [1.807, 2.05) is 32.0 Å². The fourth-order valence-electron chi connectivity index (χ4n) is 1.84. The number of aryl methyl sites for hydroxylation is 1. The molecule has 0 radical (unpaired) electrons. The lowest BCUT2D eigenvalue weighted by Crippen LogP contribution is -2.29. The van der Waals surface area contributed by atoms with Crippen molar-refractivity contribution < 1.29 is 8.42 Å². The molecule has 124 valence electrons. The lowest BCUT2D eigenvalue weighted by atomic mass is 10.4. The summed E-state index contributed by atoms with van der Waals surface area (Å²) < 4.78 is 26.6. The molecule has 0 saturated heterocycles. The lowest BCUT2D eigenvalue weighted by molar-refractivity contribution is 0.582. The number of nitrogens with zero attached hydrogens (tertiary/aromatic N) is 4. The zero-order valence-corrected chi connectivity index (χ0v) is 14.1. The Morgan fingerprint density at radius 3 is 2.65 bits per heavy atom. The third-order valence-corrected chi connectivity index (χ3v) is 4.40. The zero-order valence-electron chi connectivity index (χ0n) is 13.3. The Balaban J connectivity index is 1.91. The Labute approximate surface area is 136 Å². The molecule has 2 aromatic heterocycles. The standard InChI is InChI=1S/C14H20N6O2S/c1-11-18-13(9-14(19-11)20(2)3)16-7-8-17-23(21,22)12-5-4-6-15-10-12/h4-6,9-10,17H,7-8H2,1-3H3,(H,16,18,19). The highest BCUT2D eigenvalue weighted by Gasteiger charge is 2.12. The Hall–Kier alpha value is -2.26. The maximum Gasteiger partial charge on any atom is 0.242 e. The molecular weight excluding hydrogens is 316 g/mol. The van der Waals surface area contributed by atoms with Crippen LogP contribution in [0, 0.1) is 6.92 Å². The van der Waals surface area contributed by atoms with Gasteiger partial charge in [0, 0.05) is 45.6 Å². The number of hydrogen-bond donors (Lipinski definition) is 2. The van der Waals surface area contributed by atoms with Crippen molar-refractivity contribution in [2.45, 2.75) is 11.8 Å². The van der Waals surface area contributed by atoms with Crippen molar-refractivity contribution in [3.05, 3.63) is 36.4 Å². The fourth-order valence-corrected chi connectivity index (χ4v) is 2.83. The van der Waals surface area contributed by atoms with Crippen LogP contribution >= 0.6 is 0 Å². The summed E-state index contributed by atoms with van der Waals surface area (Å²) in [4.78, 5) is 14.4. The van der Waals surface area contributed by atoms with Gasteiger partial charge in [0.2, 0.25) is 10.0 Å². The van der Waals surface area contributed by atoms with Crippen LogP contribution in [0.25, 0.3) is 0 Å². The normalized spacial score (nSPS) is 11.3. The second kappa shape index (κ2) is 7.34. The highest BCUT2D eigenvalue weighted by Crippen LogP contribution is 2.13. The SMILES string of the molecule is Cc1nc(NCCNS(=O)(=O)c2cccnc2)cc(N(C)C)n1. The fraction of sp³-hybridized carbons (Fsp3) is 0.357. The van der Waals surface area contributed by atoms with Crippen LogP contribution < -0.4 is 14.9 Å². The van der Waals surface area contributed by atoms with Gasteiger partial charge < -0.3 is 10.2 Å². The van der Waals surface area contributed by atoms with E-state index in [2.05, 4.69) is 25.0 Å². The van der Waals surface area contributed by atoms with E-state index in [0.29, 0.717) is 18.2 Å². The van der Waals surface area contributed by atoms with Gasteiger partial charge in [-0.05, 0) is 19.1 Å². The third kappa shape index (κ3) is 4.86. The summed E-state index contributed by atoms with van der Waals surface area (Å²) in [5, 5.41) is 3.08. The van der Waals surface area contributed by atoms with Gasteiger partial charge >= 0.3 is 0 Å². The average molecular weight is 336 g/mol. The van der Waals surface area contributed by atoms with Crippen molar-refractivity contribution in [3.8, 4) is 0 Å². The van der Waals surface area contributed by atoms with Crippen LogP contribution in [0.5, 0.6) is 0 Å². The number of anilines is 2. The average Bonchev–Trinajstić information content (AvgIpc) is 2.52. The molecule has 2 N–H and O–H groups in total.